The Hall–Kier alpha value is -2.76. The first-order chi connectivity index (χ1) is 12.4. The molecule has 0 aliphatic carbocycles. The minimum Gasteiger partial charge on any atom is -0.451 e. The first kappa shape index (κ1) is 18.0. The third-order valence-corrected chi connectivity index (χ3v) is 4.13. The highest BCUT2D eigenvalue weighted by Gasteiger charge is 2.16. The maximum absolute atomic E-state index is 12.4. The third kappa shape index (κ3) is 4.07. The van der Waals surface area contributed by atoms with Crippen LogP contribution in [0.4, 0.5) is 11.4 Å². The van der Waals surface area contributed by atoms with Gasteiger partial charge in [0.2, 0.25) is 5.91 Å². The zero-order valence-electron chi connectivity index (χ0n) is 13.7. The van der Waals surface area contributed by atoms with Gasteiger partial charge in [-0.25, -0.2) is 0 Å². The summed E-state index contributed by atoms with van der Waals surface area (Å²) in [5.41, 5.74) is 1.75. The molecule has 3 aromatic rings. The van der Waals surface area contributed by atoms with Crippen LogP contribution in [0.2, 0.25) is 10.0 Å². The van der Waals surface area contributed by atoms with Gasteiger partial charge < -0.3 is 15.1 Å². The van der Waals surface area contributed by atoms with E-state index in [0.717, 1.165) is 0 Å². The summed E-state index contributed by atoms with van der Waals surface area (Å²) < 4.78 is 5.60. The molecule has 0 fully saturated rings. The zero-order valence-corrected chi connectivity index (χ0v) is 15.2. The summed E-state index contributed by atoms with van der Waals surface area (Å²) in [4.78, 5) is 23.4. The number of carbonyl (C=O) groups is 2. The topological polar surface area (TPSA) is 71.3 Å². The second kappa shape index (κ2) is 7.64. The van der Waals surface area contributed by atoms with Crippen LogP contribution < -0.4 is 10.6 Å². The van der Waals surface area contributed by atoms with Crippen molar-refractivity contribution in [1.82, 2.24) is 0 Å². The van der Waals surface area contributed by atoms with Gasteiger partial charge in [-0.2, -0.15) is 0 Å². The van der Waals surface area contributed by atoms with Gasteiger partial charge in [-0.1, -0.05) is 29.3 Å². The Bertz CT molecular complexity index is 945. The minimum atomic E-state index is -0.410. The molecular formula is C19H14Cl2N2O3. The summed E-state index contributed by atoms with van der Waals surface area (Å²) in [7, 11) is 0. The lowest BCUT2D eigenvalue weighted by molar-refractivity contribution is -0.114. The first-order valence-corrected chi connectivity index (χ1v) is 8.43. The van der Waals surface area contributed by atoms with Gasteiger partial charge in [-0.15, -0.1) is 0 Å². The first-order valence-electron chi connectivity index (χ1n) is 7.67. The standard InChI is InChI=1S/C19H14Cl2N2O3/c1-11(24)22-12-5-7-13(8-6-12)23-19(25)17-10-9-16(26-17)18-14(20)3-2-4-15(18)21/h2-10H,1H3,(H,22,24)(H,23,25). The average Bonchev–Trinajstić information content (AvgIpc) is 3.06. The van der Waals surface area contributed by atoms with E-state index in [1.807, 2.05) is 0 Å². The van der Waals surface area contributed by atoms with Crippen LogP contribution in [-0.4, -0.2) is 11.8 Å². The van der Waals surface area contributed by atoms with Gasteiger partial charge >= 0.3 is 0 Å². The number of anilines is 2. The van der Waals surface area contributed by atoms with E-state index >= 15 is 0 Å². The normalized spacial score (nSPS) is 10.4. The van der Waals surface area contributed by atoms with Crippen molar-refractivity contribution in [3.8, 4) is 11.3 Å². The molecule has 0 unspecified atom stereocenters. The zero-order chi connectivity index (χ0) is 18.7. The number of halogens is 2. The molecule has 1 heterocycles. The van der Waals surface area contributed by atoms with E-state index in [9.17, 15) is 9.59 Å². The molecule has 1 aromatic heterocycles. The van der Waals surface area contributed by atoms with Crippen molar-refractivity contribution in [3.05, 3.63) is 70.4 Å². The molecule has 26 heavy (non-hydrogen) atoms. The van der Waals surface area contributed by atoms with Crippen LogP contribution in [0, 0.1) is 0 Å². The van der Waals surface area contributed by atoms with Crippen LogP contribution in [0.3, 0.4) is 0 Å². The number of hydrogen-bond acceptors (Lipinski definition) is 3. The van der Waals surface area contributed by atoms with Gasteiger partial charge in [0.15, 0.2) is 5.76 Å². The predicted octanol–water partition coefficient (Wildman–Crippen LogP) is 5.46. The summed E-state index contributed by atoms with van der Waals surface area (Å²) in [6, 6.07) is 15.1. The fraction of sp³-hybridized carbons (Fsp3) is 0.0526. The molecule has 0 aliphatic rings. The van der Waals surface area contributed by atoms with Crippen molar-refractivity contribution >= 4 is 46.4 Å². The Labute approximate surface area is 159 Å². The minimum absolute atomic E-state index is 0.127. The highest BCUT2D eigenvalue weighted by molar-refractivity contribution is 6.39. The van der Waals surface area contributed by atoms with Crippen LogP contribution in [0.25, 0.3) is 11.3 Å². The van der Waals surface area contributed by atoms with E-state index in [2.05, 4.69) is 10.6 Å². The Morgan fingerprint density at radius 3 is 2.00 bits per heavy atom. The van der Waals surface area contributed by atoms with Gasteiger partial charge in [-0.3, -0.25) is 9.59 Å². The van der Waals surface area contributed by atoms with Gasteiger partial charge in [0.25, 0.3) is 5.91 Å². The van der Waals surface area contributed by atoms with Crippen LogP contribution in [0.15, 0.2) is 59.0 Å². The predicted molar refractivity (Wildman–Crippen MR) is 103 cm³/mol. The molecule has 0 atom stereocenters. The Kier molecular flexibility index (Phi) is 5.30. The lowest BCUT2D eigenvalue weighted by Crippen LogP contribution is -2.11. The molecule has 0 spiro atoms. The van der Waals surface area contributed by atoms with Gasteiger partial charge in [0, 0.05) is 18.3 Å². The Morgan fingerprint density at radius 1 is 0.846 bits per heavy atom. The summed E-state index contributed by atoms with van der Waals surface area (Å²) in [6.45, 7) is 1.43. The largest absolute Gasteiger partial charge is 0.451 e. The van der Waals surface area contributed by atoms with Crippen molar-refractivity contribution < 1.29 is 14.0 Å². The quantitative estimate of drug-likeness (QED) is 0.622. The van der Waals surface area contributed by atoms with E-state index < -0.39 is 5.91 Å². The van der Waals surface area contributed by atoms with Crippen molar-refractivity contribution in [3.63, 3.8) is 0 Å². The summed E-state index contributed by atoms with van der Waals surface area (Å²) in [5, 5.41) is 6.25. The molecule has 0 aliphatic heterocycles. The molecule has 3 rings (SSSR count). The van der Waals surface area contributed by atoms with E-state index in [1.165, 1.54) is 6.92 Å². The number of carbonyl (C=O) groups excluding carboxylic acids is 2. The van der Waals surface area contributed by atoms with Gasteiger partial charge in [-0.05, 0) is 48.5 Å². The number of benzene rings is 2. The third-order valence-electron chi connectivity index (χ3n) is 3.50. The molecule has 2 aromatic carbocycles. The van der Waals surface area contributed by atoms with Crippen LogP contribution >= 0.6 is 23.2 Å². The maximum Gasteiger partial charge on any atom is 0.291 e. The number of furan rings is 1. The van der Waals surface area contributed by atoms with Crippen LogP contribution in [0.5, 0.6) is 0 Å². The van der Waals surface area contributed by atoms with Crippen molar-refractivity contribution in [2.45, 2.75) is 6.92 Å². The smallest absolute Gasteiger partial charge is 0.291 e. The Morgan fingerprint density at radius 2 is 1.42 bits per heavy atom. The molecule has 7 heteroatoms. The fourth-order valence-electron chi connectivity index (χ4n) is 2.36. The summed E-state index contributed by atoms with van der Waals surface area (Å²) >= 11 is 12.3. The maximum atomic E-state index is 12.4. The fourth-order valence-corrected chi connectivity index (χ4v) is 2.94. The molecule has 2 amide bonds. The summed E-state index contributed by atoms with van der Waals surface area (Å²) in [6.07, 6.45) is 0. The second-order valence-electron chi connectivity index (χ2n) is 5.47. The number of nitrogens with one attached hydrogen (secondary N) is 2. The van der Waals surface area contributed by atoms with Crippen LogP contribution in [0.1, 0.15) is 17.5 Å². The van der Waals surface area contributed by atoms with Crippen molar-refractivity contribution in [2.24, 2.45) is 0 Å². The number of rotatable bonds is 4. The van der Waals surface area contributed by atoms with E-state index in [0.29, 0.717) is 32.7 Å². The average molecular weight is 389 g/mol. The van der Waals surface area contributed by atoms with E-state index in [-0.39, 0.29) is 11.7 Å². The lowest BCUT2D eigenvalue weighted by Gasteiger charge is -2.06. The highest BCUT2D eigenvalue weighted by atomic mass is 35.5. The van der Waals surface area contributed by atoms with Crippen LogP contribution in [-0.2, 0) is 4.79 Å². The van der Waals surface area contributed by atoms with Gasteiger partial charge in [0.1, 0.15) is 5.76 Å². The molecule has 5 nitrogen and oxygen atoms in total. The van der Waals surface area contributed by atoms with Crippen molar-refractivity contribution in [1.29, 1.82) is 0 Å². The van der Waals surface area contributed by atoms with E-state index in [1.54, 1.807) is 54.6 Å². The monoisotopic (exact) mass is 388 g/mol. The van der Waals surface area contributed by atoms with E-state index in [4.69, 9.17) is 27.6 Å². The van der Waals surface area contributed by atoms with Gasteiger partial charge in [0.05, 0.1) is 15.6 Å². The Balaban J connectivity index is 1.75. The molecule has 0 bridgehead atoms. The molecule has 132 valence electrons. The molecule has 0 saturated carbocycles. The SMILES string of the molecule is CC(=O)Nc1ccc(NC(=O)c2ccc(-c3c(Cl)cccc3Cl)o2)cc1. The molecular weight excluding hydrogens is 375 g/mol. The van der Waals surface area contributed by atoms with Crippen molar-refractivity contribution in [2.75, 3.05) is 10.6 Å². The molecule has 0 saturated heterocycles. The number of hydrogen-bond donors (Lipinski definition) is 2. The number of amides is 2. The highest BCUT2D eigenvalue weighted by Crippen LogP contribution is 2.35. The second-order valence-corrected chi connectivity index (χ2v) is 6.29. The lowest BCUT2D eigenvalue weighted by atomic mass is 10.2. The summed E-state index contributed by atoms with van der Waals surface area (Å²) in [5.74, 6) is -0.0384. The molecule has 0 radical (unpaired) electrons. The molecule has 2 N–H and O–H groups in total.